The molecule has 1 spiro atoms. The number of nitrogens with zero attached hydrogens (tertiary/aromatic N) is 2. The Bertz CT molecular complexity index is 1220. The minimum absolute atomic E-state index is 0.159. The van der Waals surface area contributed by atoms with E-state index in [-0.39, 0.29) is 23.8 Å². The van der Waals surface area contributed by atoms with E-state index in [0.717, 1.165) is 35.2 Å². The lowest BCUT2D eigenvalue weighted by molar-refractivity contribution is -0.135. The van der Waals surface area contributed by atoms with Crippen LogP contribution in [-0.4, -0.2) is 35.2 Å². The molecule has 6 rings (SSSR count). The fourth-order valence-electron chi connectivity index (χ4n) is 6.58. The van der Waals surface area contributed by atoms with E-state index >= 15 is 0 Å². The molecule has 0 saturated carbocycles. The van der Waals surface area contributed by atoms with Crippen molar-refractivity contribution in [3.05, 3.63) is 57.1 Å². The van der Waals surface area contributed by atoms with E-state index < -0.39 is 17.4 Å². The molecular formula is C24H21Cl2N3O3. The summed E-state index contributed by atoms with van der Waals surface area (Å²) in [5, 5.41) is 3.74. The van der Waals surface area contributed by atoms with Crippen LogP contribution in [0.1, 0.15) is 29.5 Å². The second-order valence-corrected chi connectivity index (χ2v) is 10.1. The van der Waals surface area contributed by atoms with Gasteiger partial charge >= 0.3 is 0 Å². The van der Waals surface area contributed by atoms with Crippen LogP contribution < -0.4 is 10.2 Å². The van der Waals surface area contributed by atoms with Crippen molar-refractivity contribution in [2.45, 2.75) is 38.3 Å². The number of anilines is 2. The molecule has 0 radical (unpaired) electrons. The summed E-state index contributed by atoms with van der Waals surface area (Å²) in [6, 6.07) is 8.56. The van der Waals surface area contributed by atoms with Crippen LogP contribution in [0.25, 0.3) is 0 Å². The summed E-state index contributed by atoms with van der Waals surface area (Å²) < 4.78 is 0. The van der Waals surface area contributed by atoms with Gasteiger partial charge in [-0.1, -0.05) is 40.9 Å². The van der Waals surface area contributed by atoms with E-state index in [4.69, 9.17) is 23.2 Å². The van der Waals surface area contributed by atoms with Gasteiger partial charge < -0.3 is 5.32 Å². The lowest BCUT2D eigenvalue weighted by atomic mass is 9.75. The topological polar surface area (TPSA) is 69.7 Å². The Morgan fingerprint density at radius 3 is 2.44 bits per heavy atom. The van der Waals surface area contributed by atoms with E-state index in [9.17, 15) is 14.4 Å². The highest BCUT2D eigenvalue weighted by molar-refractivity contribution is 6.36. The van der Waals surface area contributed by atoms with Crippen LogP contribution >= 0.6 is 23.2 Å². The normalized spacial score (nSPS) is 30.8. The molecule has 4 aliphatic heterocycles. The largest absolute Gasteiger partial charge is 0.324 e. The van der Waals surface area contributed by atoms with E-state index in [0.29, 0.717) is 22.3 Å². The van der Waals surface area contributed by atoms with Crippen LogP contribution in [0.2, 0.25) is 10.0 Å². The monoisotopic (exact) mass is 469 g/mol. The number of imide groups is 1. The summed E-state index contributed by atoms with van der Waals surface area (Å²) >= 11 is 12.3. The number of aryl methyl sites for hydroxylation is 2. The number of hydrogen-bond donors (Lipinski definition) is 1. The molecule has 4 atom stereocenters. The summed E-state index contributed by atoms with van der Waals surface area (Å²) in [5.74, 6) is -2.24. The highest BCUT2D eigenvalue weighted by Crippen LogP contribution is 2.61. The minimum atomic E-state index is -1.18. The van der Waals surface area contributed by atoms with Crippen molar-refractivity contribution in [1.82, 2.24) is 4.90 Å². The number of carbonyl (C=O) groups is 3. The standard InChI is InChI=1S/C24H21Cl2N3O3/c1-11-6-12(2)20-16(7-11)24(23(32)27-20)19-18(17-4-3-5-28(17)24)21(30)29(22(19)31)15-9-13(25)8-14(26)10-15/h6-10,17-19H,3-5H2,1-2H3,(H,27,32)/t17-,18+,19+,24-/m1/s1. The van der Waals surface area contributed by atoms with Crippen LogP contribution in [0.5, 0.6) is 0 Å². The van der Waals surface area contributed by atoms with E-state index in [1.807, 2.05) is 26.0 Å². The number of halogens is 2. The SMILES string of the molecule is Cc1cc(C)c2c(c1)[C@]1(C(=O)N2)[C@@H]2C(=O)N(c3cc(Cl)cc(Cl)c3)C(=O)[C@H]2[C@H]2CCCN21. The van der Waals surface area contributed by atoms with Gasteiger partial charge in [-0.15, -0.1) is 0 Å². The molecule has 2 aromatic carbocycles. The molecule has 3 saturated heterocycles. The lowest BCUT2D eigenvalue weighted by Crippen LogP contribution is -2.54. The number of amides is 3. The molecule has 0 bridgehead atoms. The number of rotatable bonds is 1. The van der Waals surface area contributed by atoms with Crippen LogP contribution in [0.15, 0.2) is 30.3 Å². The number of nitrogens with one attached hydrogen (secondary N) is 1. The third-order valence-electron chi connectivity index (χ3n) is 7.55. The van der Waals surface area contributed by atoms with E-state index in [2.05, 4.69) is 10.2 Å². The first-order valence-electron chi connectivity index (χ1n) is 10.8. The van der Waals surface area contributed by atoms with Crippen molar-refractivity contribution in [3.8, 4) is 0 Å². The highest BCUT2D eigenvalue weighted by Gasteiger charge is 2.74. The molecule has 1 N–H and O–H groups in total. The smallest absolute Gasteiger partial charge is 0.250 e. The van der Waals surface area contributed by atoms with Crippen LogP contribution in [0.3, 0.4) is 0 Å². The first-order valence-corrected chi connectivity index (χ1v) is 11.5. The van der Waals surface area contributed by atoms with Crippen molar-refractivity contribution < 1.29 is 14.4 Å². The first-order chi connectivity index (χ1) is 15.2. The van der Waals surface area contributed by atoms with Crippen molar-refractivity contribution in [1.29, 1.82) is 0 Å². The highest BCUT2D eigenvalue weighted by atomic mass is 35.5. The second kappa shape index (κ2) is 6.56. The molecule has 0 aromatic heterocycles. The Hall–Kier alpha value is -2.41. The Labute approximate surface area is 195 Å². The molecule has 0 aliphatic carbocycles. The van der Waals surface area contributed by atoms with Gasteiger partial charge in [0.05, 0.1) is 17.5 Å². The zero-order valence-corrected chi connectivity index (χ0v) is 19.1. The fraction of sp³-hybridized carbons (Fsp3) is 0.375. The zero-order valence-electron chi connectivity index (χ0n) is 17.6. The quantitative estimate of drug-likeness (QED) is 0.639. The number of fused-ring (bicyclic) bond motifs is 7. The van der Waals surface area contributed by atoms with Gasteiger partial charge in [-0.2, -0.15) is 0 Å². The maximum absolute atomic E-state index is 14.0. The van der Waals surface area contributed by atoms with Crippen LogP contribution in [-0.2, 0) is 19.9 Å². The van der Waals surface area contributed by atoms with Crippen molar-refractivity contribution in [2.24, 2.45) is 11.8 Å². The summed E-state index contributed by atoms with van der Waals surface area (Å²) in [6.07, 6.45) is 1.66. The summed E-state index contributed by atoms with van der Waals surface area (Å²) in [4.78, 5) is 44.7. The fourth-order valence-corrected chi connectivity index (χ4v) is 7.10. The maximum atomic E-state index is 14.0. The zero-order chi connectivity index (χ0) is 22.5. The van der Waals surface area contributed by atoms with E-state index in [1.165, 1.54) is 4.90 Å². The molecule has 8 heteroatoms. The third kappa shape index (κ3) is 2.33. The van der Waals surface area contributed by atoms with Crippen LogP contribution in [0.4, 0.5) is 11.4 Å². The van der Waals surface area contributed by atoms with Gasteiger partial charge in [-0.05, 0) is 57.0 Å². The van der Waals surface area contributed by atoms with Crippen molar-refractivity contribution >= 4 is 52.3 Å². The molecule has 4 heterocycles. The Kier molecular flexibility index (Phi) is 4.15. The Morgan fingerprint density at radius 1 is 1.00 bits per heavy atom. The van der Waals surface area contributed by atoms with Crippen molar-refractivity contribution in [3.63, 3.8) is 0 Å². The Morgan fingerprint density at radius 2 is 1.72 bits per heavy atom. The minimum Gasteiger partial charge on any atom is -0.324 e. The van der Waals surface area contributed by atoms with Crippen molar-refractivity contribution in [2.75, 3.05) is 16.8 Å². The van der Waals surface area contributed by atoms with Gasteiger partial charge in [0.2, 0.25) is 17.7 Å². The molecule has 164 valence electrons. The number of carbonyl (C=O) groups excluding carboxylic acids is 3. The molecule has 0 unspecified atom stereocenters. The van der Waals surface area contributed by atoms with Gasteiger partial charge in [-0.25, -0.2) is 4.90 Å². The second-order valence-electron chi connectivity index (χ2n) is 9.27. The number of benzene rings is 2. The van der Waals surface area contributed by atoms with Gasteiger partial charge in [0.1, 0.15) is 5.54 Å². The predicted octanol–water partition coefficient (Wildman–Crippen LogP) is 4.04. The first kappa shape index (κ1) is 20.2. The summed E-state index contributed by atoms with van der Waals surface area (Å²) in [5.41, 5.74) is 2.72. The van der Waals surface area contributed by atoms with E-state index in [1.54, 1.807) is 18.2 Å². The third-order valence-corrected chi connectivity index (χ3v) is 7.99. The maximum Gasteiger partial charge on any atom is 0.250 e. The summed E-state index contributed by atoms with van der Waals surface area (Å²) in [6.45, 7) is 4.63. The van der Waals surface area contributed by atoms with Gasteiger partial charge in [-0.3, -0.25) is 19.3 Å². The average Bonchev–Trinajstić information content (AvgIpc) is 3.40. The summed E-state index contributed by atoms with van der Waals surface area (Å²) in [7, 11) is 0. The molecule has 3 fully saturated rings. The van der Waals surface area contributed by atoms with Gasteiger partial charge in [0, 0.05) is 27.3 Å². The molecule has 4 aliphatic rings. The molecule has 6 nitrogen and oxygen atoms in total. The Balaban J connectivity index is 1.58. The van der Waals surface area contributed by atoms with Crippen LogP contribution in [0, 0.1) is 25.7 Å². The average molecular weight is 470 g/mol. The number of hydrogen-bond acceptors (Lipinski definition) is 4. The molecule has 2 aromatic rings. The van der Waals surface area contributed by atoms with Gasteiger partial charge in [0.15, 0.2) is 0 Å². The predicted molar refractivity (Wildman–Crippen MR) is 122 cm³/mol. The molecule has 32 heavy (non-hydrogen) atoms. The van der Waals surface area contributed by atoms with Gasteiger partial charge in [0.25, 0.3) is 0 Å². The molecule has 3 amide bonds. The molecular weight excluding hydrogens is 449 g/mol. The lowest BCUT2D eigenvalue weighted by Gasteiger charge is -2.36.